The number of rotatable bonds is 2. The van der Waals surface area contributed by atoms with Gasteiger partial charge in [-0.05, 0) is 54.4 Å². The van der Waals surface area contributed by atoms with Gasteiger partial charge in [-0.2, -0.15) is 0 Å². The van der Waals surface area contributed by atoms with Gasteiger partial charge in [0.25, 0.3) is 0 Å². The van der Waals surface area contributed by atoms with Crippen LogP contribution in [-0.2, 0) is 11.2 Å². The van der Waals surface area contributed by atoms with Crippen molar-refractivity contribution >= 4 is 29.0 Å². The fourth-order valence-corrected chi connectivity index (χ4v) is 2.44. The smallest absolute Gasteiger partial charge is 0.228 e. The zero-order valence-electron chi connectivity index (χ0n) is 10.9. The predicted octanol–water partition coefficient (Wildman–Crippen LogP) is 3.37. The lowest BCUT2D eigenvalue weighted by atomic mass is 9.99. The molecule has 2 aromatic rings. The van der Waals surface area contributed by atoms with Crippen molar-refractivity contribution in [1.29, 1.82) is 0 Å². The maximum Gasteiger partial charge on any atom is 0.228 e. The summed E-state index contributed by atoms with van der Waals surface area (Å²) in [6.45, 7) is 1.87. The van der Waals surface area contributed by atoms with Crippen LogP contribution < -0.4 is 5.32 Å². The number of carbonyl (C=O) groups is 2. The average Bonchev–Trinajstić information content (AvgIpc) is 2.80. The Labute approximate surface area is 121 Å². The van der Waals surface area contributed by atoms with Crippen molar-refractivity contribution in [2.24, 2.45) is 0 Å². The van der Waals surface area contributed by atoms with E-state index >= 15 is 0 Å². The van der Waals surface area contributed by atoms with Gasteiger partial charge in [-0.15, -0.1) is 0 Å². The third kappa shape index (κ3) is 2.21. The number of aryl methyl sites for hydroxylation is 1. The molecule has 1 N–H and O–H groups in total. The number of hydrogen-bond acceptors (Lipinski definition) is 2. The van der Waals surface area contributed by atoms with Gasteiger partial charge >= 0.3 is 0 Å². The molecule has 1 amide bonds. The highest BCUT2D eigenvalue weighted by Crippen LogP contribution is 2.25. The highest BCUT2D eigenvalue weighted by Gasteiger charge is 2.19. The van der Waals surface area contributed by atoms with E-state index in [2.05, 4.69) is 5.32 Å². The molecule has 0 spiro atoms. The molecule has 1 heterocycles. The van der Waals surface area contributed by atoms with Crippen LogP contribution in [0.1, 0.15) is 27.0 Å². The van der Waals surface area contributed by atoms with E-state index in [9.17, 15) is 9.59 Å². The predicted molar refractivity (Wildman–Crippen MR) is 78.4 cm³/mol. The van der Waals surface area contributed by atoms with Crippen LogP contribution in [0.2, 0.25) is 5.02 Å². The zero-order valence-corrected chi connectivity index (χ0v) is 11.6. The molecule has 0 fully saturated rings. The number of anilines is 1. The van der Waals surface area contributed by atoms with Crippen molar-refractivity contribution in [1.82, 2.24) is 0 Å². The SMILES string of the molecule is Cc1cc(C(=O)c2ccc3c(c2)CC(=O)N3)ccc1Cl. The highest BCUT2D eigenvalue weighted by atomic mass is 35.5. The zero-order chi connectivity index (χ0) is 14.3. The van der Waals surface area contributed by atoms with Gasteiger partial charge in [0.05, 0.1) is 6.42 Å². The van der Waals surface area contributed by atoms with Crippen LogP contribution in [-0.4, -0.2) is 11.7 Å². The molecule has 1 aliphatic rings. The second-order valence-electron chi connectivity index (χ2n) is 4.89. The molecule has 0 saturated carbocycles. The van der Waals surface area contributed by atoms with Crippen LogP contribution in [0.4, 0.5) is 5.69 Å². The molecule has 0 bridgehead atoms. The summed E-state index contributed by atoms with van der Waals surface area (Å²) in [6, 6.07) is 10.5. The lowest BCUT2D eigenvalue weighted by Crippen LogP contribution is -2.03. The Morgan fingerprint density at radius 2 is 1.85 bits per heavy atom. The minimum absolute atomic E-state index is 0.0352. The van der Waals surface area contributed by atoms with E-state index in [0.29, 0.717) is 22.6 Å². The molecule has 1 aliphatic heterocycles. The first-order valence-corrected chi connectivity index (χ1v) is 6.66. The number of nitrogens with one attached hydrogen (secondary N) is 1. The molecule has 100 valence electrons. The van der Waals surface area contributed by atoms with Crippen molar-refractivity contribution in [3.8, 4) is 0 Å². The monoisotopic (exact) mass is 285 g/mol. The molecule has 2 aromatic carbocycles. The topological polar surface area (TPSA) is 46.2 Å². The quantitative estimate of drug-likeness (QED) is 0.860. The number of halogens is 1. The van der Waals surface area contributed by atoms with Gasteiger partial charge in [-0.25, -0.2) is 0 Å². The van der Waals surface area contributed by atoms with E-state index in [1.54, 1.807) is 36.4 Å². The summed E-state index contributed by atoms with van der Waals surface area (Å²) >= 11 is 5.97. The van der Waals surface area contributed by atoms with Gasteiger partial charge < -0.3 is 5.32 Å². The van der Waals surface area contributed by atoms with Gasteiger partial charge in [-0.3, -0.25) is 9.59 Å². The van der Waals surface area contributed by atoms with Crippen LogP contribution >= 0.6 is 11.6 Å². The van der Waals surface area contributed by atoms with E-state index < -0.39 is 0 Å². The van der Waals surface area contributed by atoms with Crippen molar-refractivity contribution in [3.05, 3.63) is 63.7 Å². The third-order valence-electron chi connectivity index (χ3n) is 3.41. The summed E-state index contributed by atoms with van der Waals surface area (Å²) < 4.78 is 0. The standard InChI is InChI=1S/C16H12ClNO2/c1-9-6-10(2-4-13(9)17)16(20)11-3-5-14-12(7-11)8-15(19)18-14/h2-7H,8H2,1H3,(H,18,19). The molecule has 0 aromatic heterocycles. The van der Waals surface area contributed by atoms with Crippen molar-refractivity contribution < 1.29 is 9.59 Å². The molecule has 0 atom stereocenters. The average molecular weight is 286 g/mol. The molecular weight excluding hydrogens is 274 g/mol. The van der Waals surface area contributed by atoms with Gasteiger partial charge in [0, 0.05) is 21.8 Å². The van der Waals surface area contributed by atoms with E-state index in [-0.39, 0.29) is 11.7 Å². The molecule has 0 saturated heterocycles. The van der Waals surface area contributed by atoms with E-state index in [1.165, 1.54) is 0 Å². The first-order valence-electron chi connectivity index (χ1n) is 6.28. The Balaban J connectivity index is 1.97. The fraction of sp³-hybridized carbons (Fsp3) is 0.125. The minimum atomic E-state index is -0.0630. The van der Waals surface area contributed by atoms with E-state index in [4.69, 9.17) is 11.6 Å². The van der Waals surface area contributed by atoms with E-state index in [0.717, 1.165) is 16.8 Å². The summed E-state index contributed by atoms with van der Waals surface area (Å²) in [4.78, 5) is 23.8. The Morgan fingerprint density at radius 1 is 1.15 bits per heavy atom. The Kier molecular flexibility index (Phi) is 3.07. The lowest BCUT2D eigenvalue weighted by molar-refractivity contribution is -0.115. The molecule has 0 unspecified atom stereocenters. The molecule has 0 aliphatic carbocycles. The number of ketones is 1. The number of carbonyl (C=O) groups excluding carboxylic acids is 2. The molecule has 0 radical (unpaired) electrons. The molecular formula is C16H12ClNO2. The van der Waals surface area contributed by atoms with Gasteiger partial charge in [0.2, 0.25) is 5.91 Å². The Morgan fingerprint density at radius 3 is 2.60 bits per heavy atom. The minimum Gasteiger partial charge on any atom is -0.326 e. The number of benzene rings is 2. The first kappa shape index (κ1) is 12.9. The van der Waals surface area contributed by atoms with Crippen LogP contribution in [0.25, 0.3) is 0 Å². The number of hydrogen-bond donors (Lipinski definition) is 1. The first-order chi connectivity index (χ1) is 9.54. The van der Waals surface area contributed by atoms with Gasteiger partial charge in [-0.1, -0.05) is 11.6 Å². The highest BCUT2D eigenvalue weighted by molar-refractivity contribution is 6.31. The second-order valence-corrected chi connectivity index (χ2v) is 5.30. The van der Waals surface area contributed by atoms with Gasteiger partial charge in [0.1, 0.15) is 0 Å². The van der Waals surface area contributed by atoms with Crippen LogP contribution in [0, 0.1) is 6.92 Å². The summed E-state index contributed by atoms with van der Waals surface area (Å²) in [5.74, 6) is -0.0983. The summed E-state index contributed by atoms with van der Waals surface area (Å²) in [5, 5.41) is 3.40. The number of amides is 1. The Bertz CT molecular complexity index is 737. The van der Waals surface area contributed by atoms with Gasteiger partial charge in [0.15, 0.2) is 5.78 Å². The summed E-state index contributed by atoms with van der Waals surface area (Å²) in [6.07, 6.45) is 0.329. The maximum atomic E-state index is 12.4. The third-order valence-corrected chi connectivity index (χ3v) is 3.84. The normalized spacial score (nSPS) is 13.0. The molecule has 20 heavy (non-hydrogen) atoms. The largest absolute Gasteiger partial charge is 0.326 e. The van der Waals surface area contributed by atoms with Crippen molar-refractivity contribution in [2.75, 3.05) is 5.32 Å². The molecule has 3 rings (SSSR count). The second kappa shape index (κ2) is 4.76. The van der Waals surface area contributed by atoms with Crippen LogP contribution in [0.15, 0.2) is 36.4 Å². The van der Waals surface area contributed by atoms with Crippen molar-refractivity contribution in [3.63, 3.8) is 0 Å². The Hall–Kier alpha value is -2.13. The van der Waals surface area contributed by atoms with Crippen LogP contribution in [0.5, 0.6) is 0 Å². The fourth-order valence-electron chi connectivity index (χ4n) is 2.32. The van der Waals surface area contributed by atoms with E-state index in [1.807, 2.05) is 6.92 Å². The molecule has 3 nitrogen and oxygen atoms in total. The summed E-state index contributed by atoms with van der Waals surface area (Å²) in [5.41, 5.74) is 3.71. The molecule has 4 heteroatoms. The number of fused-ring (bicyclic) bond motifs is 1. The van der Waals surface area contributed by atoms with Crippen LogP contribution in [0.3, 0.4) is 0 Å². The summed E-state index contributed by atoms with van der Waals surface area (Å²) in [7, 11) is 0. The van der Waals surface area contributed by atoms with Crippen molar-refractivity contribution in [2.45, 2.75) is 13.3 Å². The lowest BCUT2D eigenvalue weighted by Gasteiger charge is -2.05. The maximum absolute atomic E-state index is 12.4.